The van der Waals surface area contributed by atoms with Crippen molar-refractivity contribution in [3.05, 3.63) is 42.7 Å². The van der Waals surface area contributed by atoms with Crippen molar-refractivity contribution in [2.75, 3.05) is 0 Å². The first-order valence-electron chi connectivity index (χ1n) is 3.93. The molecule has 0 fully saturated rings. The van der Waals surface area contributed by atoms with Crippen LogP contribution in [0.1, 0.15) is 0 Å². The fourth-order valence-corrected chi connectivity index (χ4v) is 1.10. The molecule has 0 saturated heterocycles. The van der Waals surface area contributed by atoms with Crippen molar-refractivity contribution in [1.82, 2.24) is 9.97 Å². The fraction of sp³-hybridized carbons (Fsp3) is 0. The first-order valence-corrected chi connectivity index (χ1v) is 3.93. The number of hydrogen-bond donors (Lipinski definition) is 1. The SMILES string of the molecule is Oc1cccnc1-c1ccccn1.[LiH]. The quantitative estimate of drug-likeness (QED) is 0.670. The van der Waals surface area contributed by atoms with E-state index in [1.807, 2.05) is 18.2 Å². The molecule has 1 N–H and O–H groups in total. The Morgan fingerprint density at radius 3 is 2.36 bits per heavy atom. The molecule has 3 nitrogen and oxygen atoms in total. The van der Waals surface area contributed by atoms with Crippen molar-refractivity contribution in [3.63, 3.8) is 0 Å². The topological polar surface area (TPSA) is 46.0 Å². The van der Waals surface area contributed by atoms with Gasteiger partial charge in [0.05, 0.1) is 5.69 Å². The van der Waals surface area contributed by atoms with E-state index in [1.165, 1.54) is 0 Å². The molecule has 0 aliphatic heterocycles. The Balaban J connectivity index is 0.000000980. The van der Waals surface area contributed by atoms with Crippen molar-refractivity contribution in [2.45, 2.75) is 0 Å². The van der Waals surface area contributed by atoms with Gasteiger partial charge in [0.2, 0.25) is 0 Å². The molecule has 14 heavy (non-hydrogen) atoms. The summed E-state index contributed by atoms with van der Waals surface area (Å²) in [6.07, 6.45) is 3.30. The molecule has 2 rings (SSSR count). The molecule has 0 atom stereocenters. The molecule has 4 heteroatoms. The maximum absolute atomic E-state index is 9.46. The third kappa shape index (κ3) is 2.14. The van der Waals surface area contributed by atoms with E-state index < -0.39 is 0 Å². The summed E-state index contributed by atoms with van der Waals surface area (Å²) < 4.78 is 0. The van der Waals surface area contributed by atoms with E-state index in [4.69, 9.17) is 0 Å². The molecule has 66 valence electrons. The van der Waals surface area contributed by atoms with Crippen molar-refractivity contribution >= 4 is 18.9 Å². The molecule has 0 aliphatic rings. The Kier molecular flexibility index (Phi) is 3.70. The molecule has 2 heterocycles. The van der Waals surface area contributed by atoms with Gasteiger partial charge in [-0.25, -0.2) is 0 Å². The van der Waals surface area contributed by atoms with Crippen LogP contribution in [0.15, 0.2) is 42.7 Å². The molecule has 0 aliphatic carbocycles. The van der Waals surface area contributed by atoms with Crippen molar-refractivity contribution in [2.24, 2.45) is 0 Å². The second kappa shape index (κ2) is 4.80. The normalized spacial score (nSPS) is 9.14. The summed E-state index contributed by atoms with van der Waals surface area (Å²) in [5.41, 5.74) is 1.20. The van der Waals surface area contributed by atoms with Gasteiger partial charge >= 0.3 is 18.9 Å². The van der Waals surface area contributed by atoms with Crippen LogP contribution in [0.2, 0.25) is 0 Å². The molecule has 0 spiro atoms. The van der Waals surface area contributed by atoms with Crippen LogP contribution in [0.25, 0.3) is 11.4 Å². The first kappa shape index (κ1) is 10.8. The van der Waals surface area contributed by atoms with E-state index in [0.29, 0.717) is 11.4 Å². The molecule has 2 aromatic heterocycles. The standard InChI is InChI=1S/C10H8N2O.Li.H/c13-9-5-3-7-12-10(9)8-4-1-2-6-11-8;;/h1-7,13H;;. The van der Waals surface area contributed by atoms with Gasteiger partial charge in [-0.1, -0.05) is 6.07 Å². The molecule has 0 unspecified atom stereocenters. The second-order valence-corrected chi connectivity index (χ2v) is 2.59. The number of rotatable bonds is 1. The summed E-state index contributed by atoms with van der Waals surface area (Å²) in [5, 5.41) is 9.46. The Morgan fingerprint density at radius 2 is 1.71 bits per heavy atom. The number of hydrogen-bond acceptors (Lipinski definition) is 3. The van der Waals surface area contributed by atoms with Crippen LogP contribution in [0, 0.1) is 0 Å². The van der Waals surface area contributed by atoms with Gasteiger partial charge in [0.15, 0.2) is 0 Å². The van der Waals surface area contributed by atoms with Crippen molar-refractivity contribution in [1.29, 1.82) is 0 Å². The zero-order valence-electron chi connectivity index (χ0n) is 6.88. The Labute approximate surface area is 94.0 Å². The van der Waals surface area contributed by atoms with Crippen molar-refractivity contribution in [3.8, 4) is 17.1 Å². The van der Waals surface area contributed by atoms with Crippen LogP contribution in [0.4, 0.5) is 0 Å². The van der Waals surface area contributed by atoms with E-state index in [0.717, 1.165) is 0 Å². The van der Waals surface area contributed by atoms with Crippen LogP contribution in [-0.2, 0) is 0 Å². The van der Waals surface area contributed by atoms with Gasteiger partial charge in [0.25, 0.3) is 0 Å². The molecular formula is C10H9LiN2O. The third-order valence-electron chi connectivity index (χ3n) is 1.69. The average Bonchev–Trinajstić information content (AvgIpc) is 2.20. The minimum absolute atomic E-state index is 0. The molecular weight excluding hydrogens is 171 g/mol. The summed E-state index contributed by atoms with van der Waals surface area (Å²) in [4.78, 5) is 8.12. The van der Waals surface area contributed by atoms with Gasteiger partial charge in [0.1, 0.15) is 11.4 Å². The van der Waals surface area contributed by atoms with Gasteiger partial charge in [-0.15, -0.1) is 0 Å². The van der Waals surface area contributed by atoms with Crippen LogP contribution in [0.3, 0.4) is 0 Å². The van der Waals surface area contributed by atoms with Gasteiger partial charge in [-0.05, 0) is 24.3 Å². The zero-order chi connectivity index (χ0) is 9.10. The summed E-state index contributed by atoms with van der Waals surface area (Å²) >= 11 is 0. The van der Waals surface area contributed by atoms with Gasteiger partial charge in [0, 0.05) is 12.4 Å². The summed E-state index contributed by atoms with van der Waals surface area (Å²) in [5.74, 6) is 0.154. The van der Waals surface area contributed by atoms with Crippen LogP contribution in [-0.4, -0.2) is 33.9 Å². The van der Waals surface area contributed by atoms with Crippen molar-refractivity contribution < 1.29 is 5.11 Å². The minimum atomic E-state index is 0. The van der Waals surface area contributed by atoms with Gasteiger partial charge in [-0.2, -0.15) is 0 Å². The molecule has 0 aromatic carbocycles. The molecule has 2 aromatic rings. The predicted molar refractivity (Wildman–Crippen MR) is 56.3 cm³/mol. The van der Waals surface area contributed by atoms with Crippen LogP contribution >= 0.6 is 0 Å². The number of aromatic hydroxyl groups is 1. The predicted octanol–water partition coefficient (Wildman–Crippen LogP) is 1.20. The number of nitrogens with zero attached hydrogens (tertiary/aromatic N) is 2. The van der Waals surface area contributed by atoms with E-state index in [-0.39, 0.29) is 24.6 Å². The van der Waals surface area contributed by atoms with E-state index in [9.17, 15) is 5.11 Å². The second-order valence-electron chi connectivity index (χ2n) is 2.59. The number of aromatic nitrogens is 2. The van der Waals surface area contributed by atoms with Crippen LogP contribution < -0.4 is 0 Å². The maximum atomic E-state index is 9.46. The summed E-state index contributed by atoms with van der Waals surface area (Å²) in [7, 11) is 0. The van der Waals surface area contributed by atoms with Gasteiger partial charge < -0.3 is 5.11 Å². The molecule has 0 saturated carbocycles. The van der Waals surface area contributed by atoms with E-state index in [1.54, 1.807) is 24.5 Å². The van der Waals surface area contributed by atoms with Gasteiger partial charge in [-0.3, -0.25) is 9.97 Å². The zero-order valence-corrected chi connectivity index (χ0v) is 6.88. The van der Waals surface area contributed by atoms with E-state index >= 15 is 0 Å². The number of pyridine rings is 2. The average molecular weight is 180 g/mol. The van der Waals surface area contributed by atoms with E-state index in [2.05, 4.69) is 9.97 Å². The summed E-state index contributed by atoms with van der Waals surface area (Å²) in [6.45, 7) is 0. The van der Waals surface area contributed by atoms with Crippen LogP contribution in [0.5, 0.6) is 5.75 Å². The fourth-order valence-electron chi connectivity index (χ4n) is 1.10. The monoisotopic (exact) mass is 180 g/mol. The molecule has 0 radical (unpaired) electrons. The Morgan fingerprint density at radius 1 is 0.929 bits per heavy atom. The Hall–Kier alpha value is -1.30. The Bertz CT molecular complexity index is 406. The summed E-state index contributed by atoms with van der Waals surface area (Å²) in [6, 6.07) is 8.76. The molecule has 0 amide bonds. The molecule has 0 bridgehead atoms. The first-order chi connectivity index (χ1) is 6.38. The third-order valence-corrected chi connectivity index (χ3v) is 1.69.